The summed E-state index contributed by atoms with van der Waals surface area (Å²) in [6, 6.07) is 12.4. The third-order valence-corrected chi connectivity index (χ3v) is 6.37. The molecule has 1 aromatic carbocycles. The second-order valence-electron chi connectivity index (χ2n) is 10.2. The number of rotatable bonds is 4. The number of piperidine rings is 1. The van der Waals surface area contributed by atoms with Crippen LogP contribution in [0.1, 0.15) is 57.1 Å². The van der Waals surface area contributed by atoms with Crippen LogP contribution in [0.25, 0.3) is 5.69 Å². The SMILES string of the molecule is Cc1ccc(-n2cccc2/N=C\c2cnc(C3CN(C(=O)OC(C)(C)C)CCC3C)n2C)cc1. The smallest absolute Gasteiger partial charge is 0.410 e. The first-order valence-corrected chi connectivity index (χ1v) is 11.9. The summed E-state index contributed by atoms with van der Waals surface area (Å²) in [5, 5.41) is 0. The Labute approximate surface area is 202 Å². The number of aryl methyl sites for hydroxylation is 1. The highest BCUT2D eigenvalue weighted by atomic mass is 16.6. The molecule has 1 saturated heterocycles. The maximum Gasteiger partial charge on any atom is 0.410 e. The second-order valence-corrected chi connectivity index (χ2v) is 10.2. The van der Waals surface area contributed by atoms with Crippen LogP contribution in [0.4, 0.5) is 10.6 Å². The molecule has 1 aliphatic rings. The van der Waals surface area contributed by atoms with E-state index in [9.17, 15) is 4.79 Å². The molecule has 34 heavy (non-hydrogen) atoms. The van der Waals surface area contributed by atoms with E-state index in [0.717, 1.165) is 29.4 Å². The molecule has 0 N–H and O–H groups in total. The summed E-state index contributed by atoms with van der Waals surface area (Å²) in [6.07, 6.45) is 6.40. The van der Waals surface area contributed by atoms with Gasteiger partial charge in [-0.25, -0.2) is 14.8 Å². The van der Waals surface area contributed by atoms with Crippen molar-refractivity contribution in [3.05, 3.63) is 65.9 Å². The predicted molar refractivity (Wildman–Crippen MR) is 135 cm³/mol. The van der Waals surface area contributed by atoms with Gasteiger partial charge in [-0.2, -0.15) is 0 Å². The minimum atomic E-state index is -0.501. The fraction of sp³-hybridized carbons (Fsp3) is 0.444. The van der Waals surface area contributed by atoms with Gasteiger partial charge in [0.25, 0.3) is 0 Å². The van der Waals surface area contributed by atoms with Gasteiger partial charge >= 0.3 is 6.09 Å². The Morgan fingerprint density at radius 1 is 1.21 bits per heavy atom. The molecule has 0 aliphatic carbocycles. The molecule has 0 radical (unpaired) electrons. The number of hydrogen-bond acceptors (Lipinski definition) is 4. The molecule has 1 aliphatic heterocycles. The van der Waals surface area contributed by atoms with Crippen LogP contribution in [0.3, 0.4) is 0 Å². The molecule has 2 atom stereocenters. The molecule has 2 aromatic heterocycles. The predicted octanol–water partition coefficient (Wildman–Crippen LogP) is 5.63. The van der Waals surface area contributed by atoms with Crippen LogP contribution in [0.15, 0.2) is 53.8 Å². The van der Waals surface area contributed by atoms with Crippen LogP contribution in [-0.4, -0.2) is 50.0 Å². The molecule has 180 valence electrons. The molecular weight excluding hydrogens is 426 g/mol. The lowest BCUT2D eigenvalue weighted by Gasteiger charge is -2.37. The Bertz CT molecular complexity index is 1170. The molecule has 2 unspecified atom stereocenters. The first-order valence-electron chi connectivity index (χ1n) is 11.9. The van der Waals surface area contributed by atoms with E-state index in [1.54, 1.807) is 0 Å². The van der Waals surface area contributed by atoms with E-state index in [0.29, 0.717) is 19.0 Å². The number of amides is 1. The number of likely N-dealkylation sites (tertiary alicyclic amines) is 1. The average molecular weight is 462 g/mol. The fourth-order valence-corrected chi connectivity index (χ4v) is 4.33. The van der Waals surface area contributed by atoms with Crippen molar-refractivity contribution < 1.29 is 9.53 Å². The number of ether oxygens (including phenoxy) is 1. The normalized spacial score (nSPS) is 19.1. The first kappa shape index (κ1) is 23.8. The van der Waals surface area contributed by atoms with Crippen LogP contribution in [0, 0.1) is 12.8 Å². The summed E-state index contributed by atoms with van der Waals surface area (Å²) >= 11 is 0. The van der Waals surface area contributed by atoms with Gasteiger partial charge in [0.05, 0.1) is 18.1 Å². The lowest BCUT2D eigenvalue weighted by molar-refractivity contribution is 0.0159. The number of aromatic nitrogens is 3. The molecular formula is C27H35N5O2. The zero-order valence-corrected chi connectivity index (χ0v) is 21.0. The van der Waals surface area contributed by atoms with E-state index in [2.05, 4.69) is 47.2 Å². The average Bonchev–Trinajstić information content (AvgIpc) is 3.38. The Balaban J connectivity index is 1.52. The summed E-state index contributed by atoms with van der Waals surface area (Å²) in [6.45, 7) is 11.3. The van der Waals surface area contributed by atoms with Gasteiger partial charge in [0.15, 0.2) is 0 Å². The standard InChI is InChI=1S/C27H35N5O2/c1-19-9-11-21(12-10-19)32-14-7-8-24(32)28-16-22-17-29-25(30(22)6)23-18-31(15-13-20(23)2)26(33)34-27(3,4)5/h7-12,14,16-17,20,23H,13,15,18H2,1-6H3/b28-16-. The Hall–Kier alpha value is -3.35. The third kappa shape index (κ3) is 5.24. The molecule has 7 heteroatoms. The van der Waals surface area contributed by atoms with Gasteiger partial charge in [0.2, 0.25) is 0 Å². The molecule has 0 saturated carbocycles. The number of carbonyl (C=O) groups is 1. The minimum absolute atomic E-state index is 0.143. The highest BCUT2D eigenvalue weighted by molar-refractivity contribution is 5.79. The van der Waals surface area contributed by atoms with E-state index in [4.69, 9.17) is 14.7 Å². The van der Waals surface area contributed by atoms with Crippen molar-refractivity contribution in [1.29, 1.82) is 0 Å². The molecule has 3 aromatic rings. The fourth-order valence-electron chi connectivity index (χ4n) is 4.33. The maximum absolute atomic E-state index is 12.6. The molecule has 1 amide bonds. The molecule has 4 rings (SSSR count). The first-order chi connectivity index (χ1) is 16.1. The third-order valence-electron chi connectivity index (χ3n) is 6.37. The highest BCUT2D eigenvalue weighted by Crippen LogP contribution is 2.32. The largest absolute Gasteiger partial charge is 0.444 e. The van der Waals surface area contributed by atoms with Crippen LogP contribution in [0.2, 0.25) is 0 Å². The zero-order chi connectivity index (χ0) is 24.5. The molecule has 0 spiro atoms. The molecule has 7 nitrogen and oxygen atoms in total. The Kier molecular flexibility index (Phi) is 6.64. The van der Waals surface area contributed by atoms with Gasteiger partial charge in [-0.1, -0.05) is 24.6 Å². The van der Waals surface area contributed by atoms with Gasteiger partial charge in [0.1, 0.15) is 17.2 Å². The van der Waals surface area contributed by atoms with Crippen molar-refractivity contribution in [2.45, 2.75) is 52.6 Å². The van der Waals surface area contributed by atoms with Crippen LogP contribution >= 0.6 is 0 Å². The van der Waals surface area contributed by atoms with Crippen molar-refractivity contribution in [3.8, 4) is 5.69 Å². The number of hydrogen-bond donors (Lipinski definition) is 0. The van der Waals surface area contributed by atoms with Crippen molar-refractivity contribution in [3.63, 3.8) is 0 Å². The topological polar surface area (TPSA) is 64.7 Å². The lowest BCUT2D eigenvalue weighted by atomic mass is 9.86. The van der Waals surface area contributed by atoms with E-state index in [1.807, 2.05) is 63.5 Å². The van der Waals surface area contributed by atoms with Crippen molar-refractivity contribution in [1.82, 2.24) is 19.0 Å². The Morgan fingerprint density at radius 3 is 2.65 bits per heavy atom. The summed E-state index contributed by atoms with van der Waals surface area (Å²) in [5.41, 5.74) is 2.73. The Morgan fingerprint density at radius 2 is 1.94 bits per heavy atom. The number of benzene rings is 1. The number of aliphatic imine (C=N–C) groups is 1. The summed E-state index contributed by atoms with van der Waals surface area (Å²) in [7, 11) is 2.02. The van der Waals surface area contributed by atoms with E-state index >= 15 is 0 Å². The van der Waals surface area contributed by atoms with E-state index < -0.39 is 5.60 Å². The van der Waals surface area contributed by atoms with Crippen LogP contribution in [-0.2, 0) is 11.8 Å². The number of carbonyl (C=O) groups excluding carboxylic acids is 1. The van der Waals surface area contributed by atoms with E-state index in [1.165, 1.54) is 5.56 Å². The van der Waals surface area contributed by atoms with E-state index in [-0.39, 0.29) is 12.0 Å². The number of nitrogens with zero attached hydrogens (tertiary/aromatic N) is 5. The number of imidazole rings is 1. The zero-order valence-electron chi connectivity index (χ0n) is 21.0. The van der Waals surface area contributed by atoms with Gasteiger partial charge in [-0.15, -0.1) is 0 Å². The van der Waals surface area contributed by atoms with Crippen LogP contribution in [0.5, 0.6) is 0 Å². The molecule has 0 bridgehead atoms. The van der Waals surface area contributed by atoms with Gasteiger partial charge in [-0.05, 0) is 64.3 Å². The van der Waals surface area contributed by atoms with Gasteiger partial charge < -0.3 is 18.8 Å². The molecule has 3 heterocycles. The highest BCUT2D eigenvalue weighted by Gasteiger charge is 2.34. The van der Waals surface area contributed by atoms with Crippen molar-refractivity contribution in [2.75, 3.05) is 13.1 Å². The van der Waals surface area contributed by atoms with Gasteiger partial charge in [0, 0.05) is 37.9 Å². The summed E-state index contributed by atoms with van der Waals surface area (Å²) in [4.78, 5) is 23.9. The lowest BCUT2D eigenvalue weighted by Crippen LogP contribution is -2.45. The summed E-state index contributed by atoms with van der Waals surface area (Å²) < 4.78 is 9.75. The van der Waals surface area contributed by atoms with Crippen molar-refractivity contribution >= 4 is 18.1 Å². The second kappa shape index (κ2) is 9.49. The van der Waals surface area contributed by atoms with Crippen LogP contribution < -0.4 is 0 Å². The molecule has 1 fully saturated rings. The maximum atomic E-state index is 12.6. The van der Waals surface area contributed by atoms with Gasteiger partial charge in [-0.3, -0.25) is 0 Å². The minimum Gasteiger partial charge on any atom is -0.444 e. The monoisotopic (exact) mass is 461 g/mol. The van der Waals surface area contributed by atoms with Crippen molar-refractivity contribution in [2.24, 2.45) is 18.0 Å². The summed E-state index contributed by atoms with van der Waals surface area (Å²) in [5.74, 6) is 2.39. The quantitative estimate of drug-likeness (QED) is 0.473.